The van der Waals surface area contributed by atoms with E-state index in [1.165, 1.54) is 70.2 Å². The Balaban J connectivity index is 1.78. The molecule has 1 atom stereocenters. The van der Waals surface area contributed by atoms with E-state index in [-0.39, 0.29) is 0 Å². The molecular formula is C18H29NO. The Morgan fingerprint density at radius 1 is 1.20 bits per heavy atom. The van der Waals surface area contributed by atoms with Crippen LogP contribution in [0.4, 0.5) is 0 Å². The molecule has 1 saturated heterocycles. The van der Waals surface area contributed by atoms with Crippen molar-refractivity contribution < 1.29 is 4.79 Å². The number of aldehydes is 1. The van der Waals surface area contributed by atoms with Crippen molar-refractivity contribution in [3.8, 4) is 0 Å². The van der Waals surface area contributed by atoms with Crippen LogP contribution in [0.5, 0.6) is 0 Å². The summed E-state index contributed by atoms with van der Waals surface area (Å²) in [5, 5.41) is 0. The Morgan fingerprint density at radius 3 is 2.80 bits per heavy atom. The number of piperidine rings is 1. The minimum absolute atomic E-state index is 0.606. The molecule has 112 valence electrons. The van der Waals surface area contributed by atoms with Gasteiger partial charge in [0.15, 0.2) is 0 Å². The lowest BCUT2D eigenvalue weighted by Gasteiger charge is -2.39. The fraction of sp³-hybridized carbons (Fsp3) is 0.722. The molecule has 0 aromatic heterocycles. The molecule has 0 radical (unpaired) electrons. The quantitative estimate of drug-likeness (QED) is 0.481. The van der Waals surface area contributed by atoms with Crippen molar-refractivity contribution in [3.63, 3.8) is 0 Å². The first-order valence-electron chi connectivity index (χ1n) is 8.46. The number of unbranched alkanes of at least 4 members (excludes halogenated alkanes) is 5. The van der Waals surface area contributed by atoms with Gasteiger partial charge in [-0.1, -0.05) is 45.1 Å². The lowest BCUT2D eigenvalue weighted by atomic mass is 9.84. The maximum Gasteiger partial charge on any atom is 0.146 e. The van der Waals surface area contributed by atoms with Crippen LogP contribution in [0.2, 0.25) is 0 Å². The monoisotopic (exact) mass is 275 g/mol. The highest BCUT2D eigenvalue weighted by atomic mass is 16.1. The summed E-state index contributed by atoms with van der Waals surface area (Å²) in [4.78, 5) is 13.5. The Kier molecular flexibility index (Phi) is 6.35. The summed E-state index contributed by atoms with van der Waals surface area (Å²) in [6, 6.07) is 0. The normalized spacial score (nSPS) is 22.1. The average Bonchev–Trinajstić information content (AvgIpc) is 2.50. The minimum Gasteiger partial charge on any atom is -0.375 e. The van der Waals surface area contributed by atoms with E-state index in [0.29, 0.717) is 5.92 Å². The molecule has 2 rings (SSSR count). The zero-order chi connectivity index (χ0) is 14.2. The summed E-state index contributed by atoms with van der Waals surface area (Å²) in [6.07, 6.45) is 16.9. The molecule has 2 heteroatoms. The third kappa shape index (κ3) is 4.22. The van der Waals surface area contributed by atoms with E-state index < -0.39 is 0 Å². The Bertz CT molecular complexity index is 370. The lowest BCUT2D eigenvalue weighted by Crippen LogP contribution is -2.35. The molecular weight excluding hydrogens is 246 g/mol. The van der Waals surface area contributed by atoms with Crippen molar-refractivity contribution in [3.05, 3.63) is 23.4 Å². The summed E-state index contributed by atoms with van der Waals surface area (Å²) in [5.41, 5.74) is 2.47. The van der Waals surface area contributed by atoms with Crippen LogP contribution in [0.15, 0.2) is 23.4 Å². The second-order valence-corrected chi connectivity index (χ2v) is 6.25. The predicted octanol–water partition coefficient (Wildman–Crippen LogP) is 4.47. The number of rotatable bonds is 8. The number of allylic oxidation sites excluding steroid dienone is 4. The van der Waals surface area contributed by atoms with E-state index in [2.05, 4.69) is 17.9 Å². The summed E-state index contributed by atoms with van der Waals surface area (Å²) >= 11 is 0. The van der Waals surface area contributed by atoms with Crippen molar-refractivity contribution in [2.75, 3.05) is 13.1 Å². The highest BCUT2D eigenvalue weighted by Crippen LogP contribution is 2.34. The maximum absolute atomic E-state index is 10.9. The van der Waals surface area contributed by atoms with Gasteiger partial charge in [-0.25, -0.2) is 0 Å². The van der Waals surface area contributed by atoms with Crippen LogP contribution in [-0.4, -0.2) is 24.3 Å². The van der Waals surface area contributed by atoms with Crippen molar-refractivity contribution >= 4 is 6.29 Å². The van der Waals surface area contributed by atoms with Gasteiger partial charge >= 0.3 is 0 Å². The van der Waals surface area contributed by atoms with Gasteiger partial charge in [0, 0.05) is 24.7 Å². The fourth-order valence-corrected chi connectivity index (χ4v) is 3.47. The van der Waals surface area contributed by atoms with Gasteiger partial charge in [0.2, 0.25) is 0 Å². The Morgan fingerprint density at radius 2 is 2.00 bits per heavy atom. The second kappa shape index (κ2) is 8.28. The van der Waals surface area contributed by atoms with Crippen LogP contribution in [0.25, 0.3) is 0 Å². The van der Waals surface area contributed by atoms with Gasteiger partial charge in [-0.05, 0) is 37.3 Å². The van der Waals surface area contributed by atoms with Crippen LogP contribution in [0.3, 0.4) is 0 Å². The number of hydrogen-bond donors (Lipinski definition) is 0. The van der Waals surface area contributed by atoms with Gasteiger partial charge in [-0.2, -0.15) is 0 Å². The molecule has 1 unspecified atom stereocenters. The first-order chi connectivity index (χ1) is 9.85. The van der Waals surface area contributed by atoms with Crippen LogP contribution in [-0.2, 0) is 4.79 Å². The highest BCUT2D eigenvalue weighted by molar-refractivity contribution is 5.74. The van der Waals surface area contributed by atoms with Gasteiger partial charge in [-0.15, -0.1) is 0 Å². The van der Waals surface area contributed by atoms with E-state index in [4.69, 9.17) is 0 Å². The molecule has 1 aliphatic carbocycles. The van der Waals surface area contributed by atoms with Crippen molar-refractivity contribution in [2.24, 2.45) is 5.92 Å². The van der Waals surface area contributed by atoms with Gasteiger partial charge < -0.3 is 4.90 Å². The number of nitrogens with zero attached hydrogens (tertiary/aromatic N) is 1. The zero-order valence-electron chi connectivity index (χ0n) is 12.9. The van der Waals surface area contributed by atoms with E-state index in [9.17, 15) is 4.79 Å². The molecule has 0 aromatic carbocycles. The Labute approximate surface area is 123 Å². The first kappa shape index (κ1) is 15.3. The lowest BCUT2D eigenvalue weighted by molar-refractivity contribution is -0.105. The molecule has 1 heterocycles. The average molecular weight is 275 g/mol. The van der Waals surface area contributed by atoms with E-state index >= 15 is 0 Å². The van der Waals surface area contributed by atoms with E-state index in [1.54, 1.807) is 0 Å². The summed E-state index contributed by atoms with van der Waals surface area (Å²) in [5.74, 6) is 0.606. The van der Waals surface area contributed by atoms with Crippen LogP contribution in [0.1, 0.15) is 64.7 Å². The van der Waals surface area contributed by atoms with Gasteiger partial charge in [-0.3, -0.25) is 4.79 Å². The largest absolute Gasteiger partial charge is 0.375 e. The van der Waals surface area contributed by atoms with Crippen LogP contribution >= 0.6 is 0 Å². The number of carbonyl (C=O) groups excluding carboxylic acids is 1. The van der Waals surface area contributed by atoms with Gasteiger partial charge in [0.25, 0.3) is 0 Å². The molecule has 0 bridgehead atoms. The first-order valence-corrected chi connectivity index (χ1v) is 8.46. The van der Waals surface area contributed by atoms with Crippen molar-refractivity contribution in [1.82, 2.24) is 4.90 Å². The predicted molar refractivity (Wildman–Crippen MR) is 84.5 cm³/mol. The third-order valence-electron chi connectivity index (χ3n) is 4.65. The minimum atomic E-state index is 0.606. The van der Waals surface area contributed by atoms with E-state index in [0.717, 1.165) is 18.3 Å². The van der Waals surface area contributed by atoms with Crippen molar-refractivity contribution in [1.29, 1.82) is 0 Å². The topological polar surface area (TPSA) is 20.3 Å². The maximum atomic E-state index is 10.9. The van der Waals surface area contributed by atoms with E-state index in [1.807, 2.05) is 6.08 Å². The number of fused-ring (bicyclic) bond motifs is 1. The molecule has 20 heavy (non-hydrogen) atoms. The van der Waals surface area contributed by atoms with Crippen LogP contribution in [0, 0.1) is 5.92 Å². The standard InChI is InChI=1S/C18H29NO/c1-2-3-4-5-6-7-12-19-13-8-9-17-14-16(15-20)10-11-18(17)19/h10-11,15,17H,2-9,12-14H2,1H3. The Hall–Kier alpha value is -1.05. The third-order valence-corrected chi connectivity index (χ3v) is 4.65. The van der Waals surface area contributed by atoms with Gasteiger partial charge in [0.1, 0.15) is 6.29 Å². The molecule has 1 fully saturated rings. The second-order valence-electron chi connectivity index (χ2n) is 6.25. The van der Waals surface area contributed by atoms with Crippen molar-refractivity contribution in [2.45, 2.75) is 64.7 Å². The molecule has 0 saturated carbocycles. The molecule has 1 aliphatic heterocycles. The number of carbonyl (C=O) groups is 1. The molecule has 0 aromatic rings. The molecule has 0 spiro atoms. The molecule has 2 aliphatic rings. The SMILES string of the molecule is CCCCCCCCN1CCCC2CC(C=O)=CC=C21. The smallest absolute Gasteiger partial charge is 0.146 e. The molecule has 0 N–H and O–H groups in total. The highest BCUT2D eigenvalue weighted by Gasteiger charge is 2.26. The number of hydrogen-bond acceptors (Lipinski definition) is 2. The van der Waals surface area contributed by atoms with Gasteiger partial charge in [0.05, 0.1) is 0 Å². The van der Waals surface area contributed by atoms with Crippen LogP contribution < -0.4 is 0 Å². The molecule has 2 nitrogen and oxygen atoms in total. The summed E-state index contributed by atoms with van der Waals surface area (Å²) in [6.45, 7) is 4.69. The summed E-state index contributed by atoms with van der Waals surface area (Å²) in [7, 11) is 0. The number of likely N-dealkylation sites (tertiary alicyclic amines) is 1. The summed E-state index contributed by atoms with van der Waals surface area (Å²) < 4.78 is 0. The fourth-order valence-electron chi connectivity index (χ4n) is 3.47. The zero-order valence-corrected chi connectivity index (χ0v) is 12.9. The molecule has 0 amide bonds.